The first-order chi connectivity index (χ1) is 27.6. The Kier molecular flexibility index (Phi) is 7.88. The van der Waals surface area contributed by atoms with E-state index in [-0.39, 0.29) is 0 Å². The summed E-state index contributed by atoms with van der Waals surface area (Å²) >= 11 is 0. The number of furan rings is 1. The van der Waals surface area contributed by atoms with E-state index in [1.54, 1.807) is 0 Å². The van der Waals surface area contributed by atoms with Crippen molar-refractivity contribution in [1.29, 1.82) is 10.5 Å². The first-order valence-electron chi connectivity index (χ1n) is 18.5. The number of nitrogens with zero attached hydrogens (tertiary/aromatic N) is 3. The molecule has 56 heavy (non-hydrogen) atoms. The minimum absolute atomic E-state index is 0.653. The summed E-state index contributed by atoms with van der Waals surface area (Å²) in [6.45, 7) is 0. The fourth-order valence-corrected chi connectivity index (χ4v) is 7.81. The van der Waals surface area contributed by atoms with Crippen molar-refractivity contribution in [3.05, 3.63) is 199 Å². The number of para-hydroxylation sites is 2. The van der Waals surface area contributed by atoms with Gasteiger partial charge in [0.05, 0.1) is 23.3 Å². The molecule has 0 spiro atoms. The van der Waals surface area contributed by atoms with Gasteiger partial charge in [0.1, 0.15) is 11.2 Å². The zero-order chi connectivity index (χ0) is 37.6. The third kappa shape index (κ3) is 5.80. The SMILES string of the molecule is N#Cc1ccc2ccc(-c3ccc(N(c4ccc(-c5ccc6ccc(C#N)cc6c5)cc4)c4ccc(-c5cccc6c5oc5ccccc56)cc4)cc3)cc2c1. The molecule has 0 saturated heterocycles. The third-order valence-electron chi connectivity index (χ3n) is 10.7. The fourth-order valence-electron chi connectivity index (χ4n) is 7.81. The molecule has 0 atom stereocenters. The van der Waals surface area contributed by atoms with E-state index < -0.39 is 0 Å². The van der Waals surface area contributed by atoms with Crippen LogP contribution in [-0.4, -0.2) is 0 Å². The first-order valence-corrected chi connectivity index (χ1v) is 18.5. The van der Waals surface area contributed by atoms with Crippen molar-refractivity contribution in [1.82, 2.24) is 0 Å². The second-order valence-electron chi connectivity index (χ2n) is 14.0. The van der Waals surface area contributed by atoms with Crippen molar-refractivity contribution < 1.29 is 4.42 Å². The number of rotatable bonds is 6. The maximum absolute atomic E-state index is 9.46. The molecule has 0 radical (unpaired) electrons. The average molecular weight is 714 g/mol. The molecule has 0 aliphatic rings. The van der Waals surface area contributed by atoms with Crippen LogP contribution < -0.4 is 4.90 Å². The van der Waals surface area contributed by atoms with E-state index in [1.807, 2.05) is 54.6 Å². The van der Waals surface area contributed by atoms with Gasteiger partial charge in [0, 0.05) is 33.4 Å². The van der Waals surface area contributed by atoms with E-state index >= 15 is 0 Å². The molecule has 0 amide bonds. The summed E-state index contributed by atoms with van der Waals surface area (Å²) in [6, 6.07) is 69.4. The fraction of sp³-hybridized carbons (Fsp3) is 0. The lowest BCUT2D eigenvalue weighted by molar-refractivity contribution is 0.670. The second kappa shape index (κ2) is 13.5. The summed E-state index contributed by atoms with van der Waals surface area (Å²) in [5.74, 6) is 0. The number of benzene rings is 9. The van der Waals surface area contributed by atoms with Crippen molar-refractivity contribution in [3.8, 4) is 45.5 Å². The normalized spacial score (nSPS) is 11.2. The van der Waals surface area contributed by atoms with Crippen molar-refractivity contribution >= 4 is 60.5 Å². The molecule has 0 fully saturated rings. The summed E-state index contributed by atoms with van der Waals surface area (Å²) in [6.07, 6.45) is 0. The van der Waals surface area contributed by atoms with Gasteiger partial charge in [-0.25, -0.2) is 0 Å². The minimum Gasteiger partial charge on any atom is -0.455 e. The van der Waals surface area contributed by atoms with Crippen LogP contribution in [0.1, 0.15) is 11.1 Å². The monoisotopic (exact) mass is 713 g/mol. The van der Waals surface area contributed by atoms with Crippen molar-refractivity contribution in [2.24, 2.45) is 0 Å². The van der Waals surface area contributed by atoms with Crippen LogP contribution in [0, 0.1) is 22.7 Å². The maximum atomic E-state index is 9.46. The molecule has 10 rings (SSSR count). The Morgan fingerprint density at radius 3 is 1.38 bits per heavy atom. The minimum atomic E-state index is 0.653. The highest BCUT2D eigenvalue weighted by atomic mass is 16.3. The molecule has 1 aromatic heterocycles. The van der Waals surface area contributed by atoms with Crippen LogP contribution in [0.5, 0.6) is 0 Å². The lowest BCUT2D eigenvalue weighted by Gasteiger charge is -2.26. The Hall–Kier alpha value is -7.92. The predicted molar refractivity (Wildman–Crippen MR) is 229 cm³/mol. The number of fused-ring (bicyclic) bond motifs is 5. The molecule has 260 valence electrons. The Balaban J connectivity index is 1.03. The molecule has 9 aromatic carbocycles. The van der Waals surface area contributed by atoms with E-state index in [4.69, 9.17) is 4.42 Å². The van der Waals surface area contributed by atoms with Crippen LogP contribution in [0.2, 0.25) is 0 Å². The number of anilines is 3. The molecule has 0 aliphatic heterocycles. The van der Waals surface area contributed by atoms with Crippen molar-refractivity contribution in [2.75, 3.05) is 4.90 Å². The smallest absolute Gasteiger partial charge is 0.143 e. The Bertz CT molecular complexity index is 3060. The van der Waals surface area contributed by atoms with E-state index in [1.165, 1.54) is 0 Å². The molecule has 4 heteroatoms. The Morgan fingerprint density at radius 2 is 0.839 bits per heavy atom. The van der Waals surface area contributed by atoms with Gasteiger partial charge in [0.2, 0.25) is 0 Å². The number of nitriles is 2. The van der Waals surface area contributed by atoms with Gasteiger partial charge in [-0.2, -0.15) is 10.5 Å². The molecule has 0 bridgehead atoms. The summed E-state index contributed by atoms with van der Waals surface area (Å²) in [4.78, 5) is 2.28. The van der Waals surface area contributed by atoms with Crippen molar-refractivity contribution in [3.63, 3.8) is 0 Å². The zero-order valence-corrected chi connectivity index (χ0v) is 30.1. The highest BCUT2D eigenvalue weighted by molar-refractivity contribution is 6.09. The van der Waals surface area contributed by atoms with E-state index in [0.29, 0.717) is 11.1 Å². The third-order valence-corrected chi connectivity index (χ3v) is 10.7. The van der Waals surface area contributed by atoms with E-state index in [2.05, 4.69) is 150 Å². The molecule has 4 nitrogen and oxygen atoms in total. The predicted octanol–water partition coefficient (Wildman–Crippen LogP) is 14.1. The van der Waals surface area contributed by atoms with Gasteiger partial charge in [-0.3, -0.25) is 0 Å². The molecule has 0 aliphatic carbocycles. The maximum Gasteiger partial charge on any atom is 0.143 e. The highest BCUT2D eigenvalue weighted by Crippen LogP contribution is 2.40. The van der Waals surface area contributed by atoms with Crippen molar-refractivity contribution in [2.45, 2.75) is 0 Å². The van der Waals surface area contributed by atoms with Gasteiger partial charge < -0.3 is 9.32 Å². The summed E-state index contributed by atoms with van der Waals surface area (Å²) in [5, 5.41) is 25.4. The molecule has 1 heterocycles. The summed E-state index contributed by atoms with van der Waals surface area (Å²) in [5.41, 5.74) is 12.7. The molecule has 0 N–H and O–H groups in total. The lowest BCUT2D eigenvalue weighted by atomic mass is 9.99. The second-order valence-corrected chi connectivity index (χ2v) is 14.0. The van der Waals surface area contributed by atoms with Gasteiger partial charge in [-0.1, -0.05) is 109 Å². The molecule has 0 unspecified atom stereocenters. The largest absolute Gasteiger partial charge is 0.455 e. The molecular weight excluding hydrogens is 683 g/mol. The van der Waals surface area contributed by atoms with Gasteiger partial charge in [0.25, 0.3) is 0 Å². The topological polar surface area (TPSA) is 64.0 Å². The van der Waals surface area contributed by atoms with Crippen LogP contribution in [-0.2, 0) is 0 Å². The molecular formula is C52H31N3O. The zero-order valence-electron chi connectivity index (χ0n) is 30.1. The summed E-state index contributed by atoms with van der Waals surface area (Å²) in [7, 11) is 0. The van der Waals surface area contributed by atoms with Crippen LogP contribution in [0.25, 0.3) is 76.9 Å². The van der Waals surface area contributed by atoms with E-state index in [0.717, 1.165) is 93.9 Å². The number of hydrogen-bond donors (Lipinski definition) is 0. The highest BCUT2D eigenvalue weighted by Gasteiger charge is 2.16. The molecule has 10 aromatic rings. The van der Waals surface area contributed by atoms with Crippen LogP contribution >= 0.6 is 0 Å². The first kappa shape index (κ1) is 32.7. The average Bonchev–Trinajstić information content (AvgIpc) is 3.65. The molecule has 0 saturated carbocycles. The van der Waals surface area contributed by atoms with Crippen LogP contribution in [0.15, 0.2) is 192 Å². The van der Waals surface area contributed by atoms with Gasteiger partial charge >= 0.3 is 0 Å². The Morgan fingerprint density at radius 1 is 0.375 bits per heavy atom. The summed E-state index contributed by atoms with van der Waals surface area (Å²) < 4.78 is 6.38. The lowest BCUT2D eigenvalue weighted by Crippen LogP contribution is -2.09. The van der Waals surface area contributed by atoms with Gasteiger partial charge in [-0.15, -0.1) is 0 Å². The standard InChI is InChI=1S/C52H31N3O/c53-32-34-8-10-38-12-14-41(30-43(38)28-34)36-16-22-45(23-17-36)55(46-24-18-37(19-25-46)42-15-13-39-11-9-35(33-54)29-44(39)31-42)47-26-20-40(21-27-47)48-5-3-6-50-49-4-1-2-7-51(49)56-52(48)50/h1-31H. The van der Waals surface area contributed by atoms with Gasteiger partial charge in [-0.05, 0) is 128 Å². The van der Waals surface area contributed by atoms with Crippen LogP contribution in [0.4, 0.5) is 17.1 Å². The Labute approximate surface area is 324 Å². The number of hydrogen-bond acceptors (Lipinski definition) is 4. The van der Waals surface area contributed by atoms with Crippen LogP contribution in [0.3, 0.4) is 0 Å². The quantitative estimate of drug-likeness (QED) is 0.172. The van der Waals surface area contributed by atoms with Gasteiger partial charge in [0.15, 0.2) is 0 Å². The van der Waals surface area contributed by atoms with E-state index in [9.17, 15) is 10.5 Å².